The van der Waals surface area contributed by atoms with Gasteiger partial charge in [-0.3, -0.25) is 9.59 Å². The van der Waals surface area contributed by atoms with Crippen molar-refractivity contribution < 1.29 is 9.59 Å². The maximum Gasteiger partial charge on any atom is 0.246 e. The van der Waals surface area contributed by atoms with Crippen LogP contribution < -0.4 is 21.3 Å². The van der Waals surface area contributed by atoms with Crippen molar-refractivity contribution in [1.82, 2.24) is 5.32 Å². The van der Waals surface area contributed by atoms with E-state index >= 15 is 0 Å². The van der Waals surface area contributed by atoms with Crippen molar-refractivity contribution in [2.45, 2.75) is 45.2 Å². The van der Waals surface area contributed by atoms with E-state index in [2.05, 4.69) is 15.5 Å². The summed E-state index contributed by atoms with van der Waals surface area (Å²) in [5.74, 6) is -0.618. The number of nitrogens with one attached hydrogen (secondary N) is 2. The number of hydrogen-bond donors (Lipinski definition) is 3. The fourth-order valence-electron chi connectivity index (χ4n) is 2.45. The van der Waals surface area contributed by atoms with Crippen molar-refractivity contribution >= 4 is 23.2 Å². The Labute approximate surface area is 137 Å². The molecule has 1 unspecified atom stereocenters. The fourth-order valence-corrected chi connectivity index (χ4v) is 2.45. The van der Waals surface area contributed by atoms with Crippen LogP contribution in [0.1, 0.15) is 33.6 Å². The van der Waals surface area contributed by atoms with Crippen molar-refractivity contribution in [2.24, 2.45) is 5.73 Å². The lowest BCUT2D eigenvalue weighted by atomic mass is 10.1. The molecule has 1 aromatic carbocycles. The zero-order valence-electron chi connectivity index (χ0n) is 14.1. The maximum absolute atomic E-state index is 12.2. The minimum absolute atomic E-state index is 0.263. The van der Waals surface area contributed by atoms with Crippen LogP contribution in [0.3, 0.4) is 0 Å². The molecule has 1 fully saturated rings. The molecule has 23 heavy (non-hydrogen) atoms. The van der Waals surface area contributed by atoms with E-state index in [1.165, 1.54) is 12.8 Å². The Morgan fingerprint density at radius 1 is 1.26 bits per heavy atom. The van der Waals surface area contributed by atoms with Gasteiger partial charge in [0.2, 0.25) is 11.8 Å². The molecule has 2 rings (SSSR count). The summed E-state index contributed by atoms with van der Waals surface area (Å²) in [5.41, 5.74) is 6.55. The number of anilines is 2. The number of nitrogens with two attached hydrogens (primary N) is 1. The molecule has 126 valence electrons. The summed E-state index contributed by atoms with van der Waals surface area (Å²) < 4.78 is 0. The van der Waals surface area contributed by atoms with E-state index in [9.17, 15) is 9.59 Å². The molecular formula is C17H26N4O2. The minimum Gasteiger partial charge on any atom is -0.371 e. The molecule has 6 nitrogen and oxygen atoms in total. The van der Waals surface area contributed by atoms with Gasteiger partial charge >= 0.3 is 0 Å². The highest BCUT2D eigenvalue weighted by molar-refractivity contribution is 5.98. The average molecular weight is 318 g/mol. The van der Waals surface area contributed by atoms with Gasteiger partial charge < -0.3 is 21.3 Å². The molecule has 2 amide bonds. The van der Waals surface area contributed by atoms with Crippen LogP contribution in [0.2, 0.25) is 0 Å². The Bertz CT molecular complexity index is 574. The molecule has 0 radical (unpaired) electrons. The summed E-state index contributed by atoms with van der Waals surface area (Å²) in [6.07, 6.45) is 2.41. The molecule has 0 aliphatic carbocycles. The second kappa shape index (κ2) is 7.00. The Morgan fingerprint density at radius 3 is 2.52 bits per heavy atom. The first kappa shape index (κ1) is 17.3. The van der Waals surface area contributed by atoms with Crippen molar-refractivity contribution in [3.05, 3.63) is 24.3 Å². The fraction of sp³-hybridized carbons (Fsp3) is 0.529. The molecule has 1 heterocycles. The lowest BCUT2D eigenvalue weighted by Crippen LogP contribution is -2.54. The van der Waals surface area contributed by atoms with E-state index in [1.807, 2.05) is 24.3 Å². The first-order valence-corrected chi connectivity index (χ1v) is 8.03. The highest BCUT2D eigenvalue weighted by Gasteiger charge is 2.25. The topological polar surface area (TPSA) is 87.5 Å². The van der Waals surface area contributed by atoms with Gasteiger partial charge in [0.05, 0.1) is 5.54 Å². The van der Waals surface area contributed by atoms with E-state index < -0.39 is 11.6 Å². The molecule has 1 atom stereocenters. The van der Waals surface area contributed by atoms with Crippen LogP contribution in [0.25, 0.3) is 0 Å². The predicted octanol–water partition coefficient (Wildman–Crippen LogP) is 1.47. The Balaban J connectivity index is 1.97. The van der Waals surface area contributed by atoms with Gasteiger partial charge in [-0.2, -0.15) is 0 Å². The zero-order chi connectivity index (χ0) is 17.0. The van der Waals surface area contributed by atoms with Gasteiger partial charge in [0.25, 0.3) is 0 Å². The van der Waals surface area contributed by atoms with E-state index in [0.29, 0.717) is 0 Å². The van der Waals surface area contributed by atoms with E-state index in [0.717, 1.165) is 24.5 Å². The first-order valence-electron chi connectivity index (χ1n) is 8.03. The molecule has 6 heteroatoms. The smallest absolute Gasteiger partial charge is 0.246 e. The number of carbonyl (C=O) groups is 2. The van der Waals surface area contributed by atoms with Crippen LogP contribution in [-0.4, -0.2) is 36.5 Å². The van der Waals surface area contributed by atoms with Gasteiger partial charge in [0.15, 0.2) is 0 Å². The quantitative estimate of drug-likeness (QED) is 0.767. The normalized spacial score (nSPS) is 16.1. The molecule has 1 aliphatic rings. The number of amides is 2. The van der Waals surface area contributed by atoms with Gasteiger partial charge in [-0.25, -0.2) is 0 Å². The SMILES string of the molecule is CC(NC(=O)C(C)(C)N)C(=O)Nc1cccc(N2CCCC2)c1. The van der Waals surface area contributed by atoms with Crippen molar-refractivity contribution in [3.63, 3.8) is 0 Å². The molecule has 0 aromatic heterocycles. The Kier molecular flexibility index (Phi) is 5.26. The first-order chi connectivity index (χ1) is 10.8. The van der Waals surface area contributed by atoms with Gasteiger partial charge in [-0.15, -0.1) is 0 Å². The molecule has 0 saturated carbocycles. The van der Waals surface area contributed by atoms with E-state index in [4.69, 9.17) is 5.73 Å². The van der Waals surface area contributed by atoms with E-state index in [-0.39, 0.29) is 11.8 Å². The van der Waals surface area contributed by atoms with E-state index in [1.54, 1.807) is 20.8 Å². The number of benzene rings is 1. The van der Waals surface area contributed by atoms with Crippen molar-refractivity contribution in [1.29, 1.82) is 0 Å². The number of carbonyl (C=O) groups excluding carboxylic acids is 2. The molecular weight excluding hydrogens is 292 g/mol. The highest BCUT2D eigenvalue weighted by Crippen LogP contribution is 2.23. The lowest BCUT2D eigenvalue weighted by Gasteiger charge is -2.22. The monoisotopic (exact) mass is 318 g/mol. The van der Waals surface area contributed by atoms with Gasteiger partial charge in [0.1, 0.15) is 6.04 Å². The standard InChI is InChI=1S/C17H26N4O2/c1-12(19-16(23)17(2,3)18)15(22)20-13-7-6-8-14(11-13)21-9-4-5-10-21/h6-8,11-12H,4-5,9-10,18H2,1-3H3,(H,19,23)(H,20,22). The largest absolute Gasteiger partial charge is 0.371 e. The van der Waals surface area contributed by atoms with Crippen molar-refractivity contribution in [3.8, 4) is 0 Å². The van der Waals surface area contributed by atoms with Crippen LogP contribution in [0.15, 0.2) is 24.3 Å². The number of nitrogens with zero attached hydrogens (tertiary/aromatic N) is 1. The predicted molar refractivity (Wildman–Crippen MR) is 92.4 cm³/mol. The van der Waals surface area contributed by atoms with Crippen LogP contribution in [0.5, 0.6) is 0 Å². The highest BCUT2D eigenvalue weighted by atomic mass is 16.2. The third-order valence-corrected chi connectivity index (χ3v) is 3.91. The Morgan fingerprint density at radius 2 is 1.91 bits per heavy atom. The molecule has 0 bridgehead atoms. The summed E-state index contributed by atoms with van der Waals surface area (Å²) in [6, 6.07) is 7.13. The Hall–Kier alpha value is -2.08. The maximum atomic E-state index is 12.2. The molecule has 1 aliphatic heterocycles. The lowest BCUT2D eigenvalue weighted by molar-refractivity contribution is -0.129. The van der Waals surface area contributed by atoms with Crippen LogP contribution in [0, 0.1) is 0 Å². The average Bonchev–Trinajstić information content (AvgIpc) is 3.00. The molecule has 1 aromatic rings. The second-order valence-electron chi connectivity index (χ2n) is 6.65. The van der Waals surface area contributed by atoms with Crippen LogP contribution in [-0.2, 0) is 9.59 Å². The van der Waals surface area contributed by atoms with Gasteiger partial charge in [0, 0.05) is 24.5 Å². The summed E-state index contributed by atoms with van der Waals surface area (Å²) >= 11 is 0. The third-order valence-electron chi connectivity index (χ3n) is 3.91. The second-order valence-corrected chi connectivity index (χ2v) is 6.65. The summed E-state index contributed by atoms with van der Waals surface area (Å²) in [7, 11) is 0. The number of rotatable bonds is 5. The van der Waals surface area contributed by atoms with Crippen LogP contribution >= 0.6 is 0 Å². The number of hydrogen-bond acceptors (Lipinski definition) is 4. The summed E-state index contributed by atoms with van der Waals surface area (Å²) in [6.45, 7) is 6.95. The summed E-state index contributed by atoms with van der Waals surface area (Å²) in [5, 5.41) is 5.46. The van der Waals surface area contributed by atoms with Crippen LogP contribution in [0.4, 0.5) is 11.4 Å². The third kappa shape index (κ3) is 4.69. The van der Waals surface area contributed by atoms with Crippen molar-refractivity contribution in [2.75, 3.05) is 23.3 Å². The molecule has 1 saturated heterocycles. The zero-order valence-corrected chi connectivity index (χ0v) is 14.1. The molecule has 4 N–H and O–H groups in total. The van der Waals surface area contributed by atoms with Gasteiger partial charge in [-0.05, 0) is 51.8 Å². The summed E-state index contributed by atoms with van der Waals surface area (Å²) in [4.78, 5) is 26.4. The molecule has 0 spiro atoms. The van der Waals surface area contributed by atoms with Gasteiger partial charge in [-0.1, -0.05) is 6.07 Å². The minimum atomic E-state index is -1.01.